The summed E-state index contributed by atoms with van der Waals surface area (Å²) in [5, 5.41) is 12.6. The number of carboxylic acids is 1. The number of aliphatic carboxylic acids is 1. The predicted octanol–water partition coefficient (Wildman–Crippen LogP) is 0.793. The summed E-state index contributed by atoms with van der Waals surface area (Å²) in [7, 11) is 0. The van der Waals surface area contributed by atoms with Gasteiger partial charge < -0.3 is 15.3 Å². The normalized spacial score (nSPS) is 32.1. The lowest BCUT2D eigenvalue weighted by Gasteiger charge is -2.38. The summed E-state index contributed by atoms with van der Waals surface area (Å²) >= 11 is 1.85. The fourth-order valence-corrected chi connectivity index (χ4v) is 3.87. The molecule has 2 aliphatic rings. The van der Waals surface area contributed by atoms with Crippen LogP contribution in [-0.2, 0) is 9.59 Å². The second-order valence-electron chi connectivity index (χ2n) is 5.42. The fraction of sp³-hybridized carbons (Fsp3) is 0.846. The molecule has 2 fully saturated rings. The van der Waals surface area contributed by atoms with Crippen LogP contribution in [0.15, 0.2) is 0 Å². The molecule has 1 amide bonds. The lowest BCUT2D eigenvalue weighted by molar-refractivity contribution is -0.154. The lowest BCUT2D eigenvalue weighted by Crippen LogP contribution is -2.53. The van der Waals surface area contributed by atoms with Crippen LogP contribution in [0.2, 0.25) is 0 Å². The molecule has 2 saturated heterocycles. The number of likely N-dealkylation sites (tertiary alicyclic amines) is 1. The van der Waals surface area contributed by atoms with Crippen LogP contribution in [0.4, 0.5) is 0 Å². The van der Waals surface area contributed by atoms with Gasteiger partial charge in [0.15, 0.2) is 0 Å². The fourth-order valence-electron chi connectivity index (χ4n) is 2.92. The van der Waals surface area contributed by atoms with Crippen LogP contribution in [-0.4, -0.2) is 58.6 Å². The van der Waals surface area contributed by atoms with Crippen LogP contribution in [0.1, 0.15) is 26.2 Å². The van der Waals surface area contributed by atoms with E-state index in [1.807, 2.05) is 18.7 Å². The Morgan fingerprint density at radius 2 is 2.26 bits per heavy atom. The molecule has 3 atom stereocenters. The number of thioether (sulfide) groups is 1. The maximum absolute atomic E-state index is 12.3. The number of hydrogen-bond donors (Lipinski definition) is 2. The molecule has 2 N–H and O–H groups in total. The number of rotatable bonds is 3. The Bertz CT molecular complexity index is 345. The highest BCUT2D eigenvalue weighted by molar-refractivity contribution is 7.99. The summed E-state index contributed by atoms with van der Waals surface area (Å²) < 4.78 is 0. The van der Waals surface area contributed by atoms with Crippen molar-refractivity contribution >= 4 is 23.6 Å². The smallest absolute Gasteiger partial charge is 0.326 e. The maximum Gasteiger partial charge on any atom is 0.326 e. The van der Waals surface area contributed by atoms with Crippen molar-refractivity contribution in [2.75, 3.05) is 24.6 Å². The van der Waals surface area contributed by atoms with Gasteiger partial charge in [-0.15, -0.1) is 0 Å². The van der Waals surface area contributed by atoms with Gasteiger partial charge in [0, 0.05) is 37.1 Å². The number of amides is 1. The highest BCUT2D eigenvalue weighted by Gasteiger charge is 2.37. The van der Waals surface area contributed by atoms with E-state index in [4.69, 9.17) is 0 Å². The van der Waals surface area contributed by atoms with Crippen LogP contribution < -0.4 is 5.32 Å². The minimum atomic E-state index is -0.869. The van der Waals surface area contributed by atoms with Gasteiger partial charge in [-0.2, -0.15) is 11.8 Å². The number of carboxylic acid groups (broad SMARTS) is 1. The Morgan fingerprint density at radius 3 is 2.89 bits per heavy atom. The summed E-state index contributed by atoms with van der Waals surface area (Å²) in [5.41, 5.74) is 0. The minimum Gasteiger partial charge on any atom is -0.480 e. The van der Waals surface area contributed by atoms with E-state index in [1.165, 1.54) is 0 Å². The monoisotopic (exact) mass is 286 g/mol. The van der Waals surface area contributed by atoms with Crippen molar-refractivity contribution in [2.24, 2.45) is 5.92 Å². The van der Waals surface area contributed by atoms with E-state index >= 15 is 0 Å². The third-order valence-corrected chi connectivity index (χ3v) is 5.06. The minimum absolute atomic E-state index is 0.0149. The zero-order chi connectivity index (χ0) is 13.8. The third kappa shape index (κ3) is 3.63. The molecule has 108 valence electrons. The first-order valence-corrected chi connectivity index (χ1v) is 8.08. The molecule has 5 nitrogen and oxygen atoms in total. The number of nitrogens with one attached hydrogen (secondary N) is 1. The van der Waals surface area contributed by atoms with Crippen molar-refractivity contribution < 1.29 is 14.7 Å². The summed E-state index contributed by atoms with van der Waals surface area (Å²) in [6.45, 7) is 3.44. The Hall–Kier alpha value is -0.750. The molecule has 0 radical (unpaired) electrons. The number of piperidine rings is 1. The zero-order valence-corrected chi connectivity index (χ0v) is 12.1. The molecule has 0 bridgehead atoms. The van der Waals surface area contributed by atoms with Gasteiger partial charge >= 0.3 is 5.97 Å². The van der Waals surface area contributed by atoms with Crippen LogP contribution in [0, 0.1) is 5.92 Å². The quantitative estimate of drug-likeness (QED) is 0.803. The Morgan fingerprint density at radius 1 is 1.47 bits per heavy atom. The van der Waals surface area contributed by atoms with Gasteiger partial charge in [0.2, 0.25) is 5.91 Å². The maximum atomic E-state index is 12.3. The Balaban J connectivity index is 1.97. The molecule has 0 aliphatic carbocycles. The van der Waals surface area contributed by atoms with Gasteiger partial charge in [0.05, 0.1) is 0 Å². The first kappa shape index (κ1) is 14.7. The van der Waals surface area contributed by atoms with Crippen molar-refractivity contribution in [3.63, 3.8) is 0 Å². The lowest BCUT2D eigenvalue weighted by atomic mass is 9.90. The first-order chi connectivity index (χ1) is 9.09. The molecular formula is C13H22N2O3S. The Labute approximate surface area is 118 Å². The second kappa shape index (κ2) is 6.61. The van der Waals surface area contributed by atoms with E-state index in [0.29, 0.717) is 13.0 Å². The molecule has 0 saturated carbocycles. The average molecular weight is 286 g/mol. The Kier molecular flexibility index (Phi) is 5.10. The molecule has 0 aromatic carbocycles. The van der Waals surface area contributed by atoms with E-state index in [0.717, 1.165) is 30.9 Å². The highest BCUT2D eigenvalue weighted by Crippen LogP contribution is 2.25. The number of nitrogens with zero attached hydrogens (tertiary/aromatic N) is 1. The van der Waals surface area contributed by atoms with Crippen LogP contribution >= 0.6 is 11.8 Å². The van der Waals surface area contributed by atoms with Crippen LogP contribution in [0.3, 0.4) is 0 Å². The summed E-state index contributed by atoms with van der Waals surface area (Å²) in [5.74, 6) is 1.19. The van der Waals surface area contributed by atoms with Gasteiger partial charge in [-0.25, -0.2) is 4.79 Å². The molecule has 0 spiro atoms. The molecule has 2 rings (SSSR count). The van der Waals surface area contributed by atoms with Crippen molar-refractivity contribution in [1.29, 1.82) is 0 Å². The van der Waals surface area contributed by atoms with Gasteiger partial charge in [-0.1, -0.05) is 6.92 Å². The average Bonchev–Trinajstić information content (AvgIpc) is 2.39. The van der Waals surface area contributed by atoms with Gasteiger partial charge in [0.1, 0.15) is 6.04 Å². The molecule has 6 heteroatoms. The predicted molar refractivity (Wildman–Crippen MR) is 75.3 cm³/mol. The molecular weight excluding hydrogens is 264 g/mol. The van der Waals surface area contributed by atoms with E-state index in [9.17, 15) is 14.7 Å². The second-order valence-corrected chi connectivity index (χ2v) is 6.57. The SMILES string of the molecule is CC1CCCN(C(=O)CC2CSCCN2)C1C(=O)O. The van der Waals surface area contributed by atoms with Crippen molar-refractivity contribution in [2.45, 2.75) is 38.3 Å². The van der Waals surface area contributed by atoms with Crippen molar-refractivity contribution in [1.82, 2.24) is 10.2 Å². The number of carbonyl (C=O) groups excluding carboxylic acids is 1. The molecule has 0 aromatic heterocycles. The van der Waals surface area contributed by atoms with Crippen molar-refractivity contribution in [3.8, 4) is 0 Å². The number of carbonyl (C=O) groups is 2. The largest absolute Gasteiger partial charge is 0.480 e. The topological polar surface area (TPSA) is 69.6 Å². The van der Waals surface area contributed by atoms with Gasteiger partial charge in [-0.3, -0.25) is 4.79 Å². The van der Waals surface area contributed by atoms with E-state index in [1.54, 1.807) is 4.90 Å². The first-order valence-electron chi connectivity index (χ1n) is 6.93. The number of hydrogen-bond acceptors (Lipinski definition) is 4. The third-order valence-electron chi connectivity index (χ3n) is 3.93. The van der Waals surface area contributed by atoms with E-state index < -0.39 is 12.0 Å². The zero-order valence-electron chi connectivity index (χ0n) is 11.3. The van der Waals surface area contributed by atoms with Gasteiger partial charge in [-0.05, 0) is 18.8 Å². The standard InChI is InChI=1S/C13H22N2O3S/c1-9-3-2-5-15(12(9)13(17)18)11(16)7-10-8-19-6-4-14-10/h9-10,12,14H,2-8H2,1H3,(H,17,18). The molecule has 3 unspecified atom stereocenters. The van der Waals surface area contributed by atoms with Crippen LogP contribution in [0.5, 0.6) is 0 Å². The summed E-state index contributed by atoms with van der Waals surface area (Å²) in [4.78, 5) is 25.3. The summed E-state index contributed by atoms with van der Waals surface area (Å²) in [6.07, 6.45) is 2.21. The van der Waals surface area contributed by atoms with Crippen LogP contribution in [0.25, 0.3) is 0 Å². The molecule has 19 heavy (non-hydrogen) atoms. The van der Waals surface area contributed by atoms with E-state index in [2.05, 4.69) is 5.32 Å². The van der Waals surface area contributed by atoms with E-state index in [-0.39, 0.29) is 17.9 Å². The van der Waals surface area contributed by atoms with Crippen molar-refractivity contribution in [3.05, 3.63) is 0 Å². The molecule has 0 aromatic rings. The summed E-state index contributed by atoms with van der Waals surface area (Å²) in [6, 6.07) is -0.449. The highest BCUT2D eigenvalue weighted by atomic mass is 32.2. The van der Waals surface area contributed by atoms with Gasteiger partial charge in [0.25, 0.3) is 0 Å². The molecule has 2 aliphatic heterocycles. The molecule has 2 heterocycles.